The summed E-state index contributed by atoms with van der Waals surface area (Å²) >= 11 is 1.56. The summed E-state index contributed by atoms with van der Waals surface area (Å²) in [4.78, 5) is 0.990. The summed E-state index contributed by atoms with van der Waals surface area (Å²) in [7, 11) is -3.67. The minimum absolute atomic E-state index is 0.000691. The van der Waals surface area contributed by atoms with Crippen molar-refractivity contribution in [2.45, 2.75) is 18.9 Å². The van der Waals surface area contributed by atoms with Gasteiger partial charge in [-0.15, -0.1) is 11.3 Å². The summed E-state index contributed by atoms with van der Waals surface area (Å²) in [5.74, 6) is 0.493. The molecule has 126 valence electrons. The van der Waals surface area contributed by atoms with Gasteiger partial charge in [0.05, 0.1) is 12.9 Å². The second-order valence-corrected chi connectivity index (χ2v) is 7.53. The minimum atomic E-state index is -3.67. The standard InChI is InChI=1S/C14H13FO2S.CH4O3S/c15-10-6-9-3-4-11(8-16)17-14(9)12(7-10)13-2-1-5-18-13;1-5(2,3)4/h1-2,5-7,11,16H,3-4,8H2;1H3,(H,2,3,4). The molecule has 0 saturated heterocycles. The van der Waals surface area contributed by atoms with Crippen molar-refractivity contribution in [2.75, 3.05) is 12.9 Å². The zero-order valence-electron chi connectivity index (χ0n) is 12.4. The topological polar surface area (TPSA) is 83.8 Å². The normalized spacial score (nSPS) is 16.8. The number of fused-ring (bicyclic) bond motifs is 1. The van der Waals surface area contributed by atoms with E-state index in [1.807, 2.05) is 17.5 Å². The molecule has 1 aromatic heterocycles. The van der Waals surface area contributed by atoms with E-state index in [-0.39, 0.29) is 18.5 Å². The summed E-state index contributed by atoms with van der Waals surface area (Å²) in [6.45, 7) is 0.000691. The number of aliphatic hydroxyl groups is 1. The number of aryl methyl sites for hydroxylation is 1. The van der Waals surface area contributed by atoms with Crippen LogP contribution in [0.4, 0.5) is 4.39 Å². The van der Waals surface area contributed by atoms with Gasteiger partial charge in [0.15, 0.2) is 0 Å². The van der Waals surface area contributed by atoms with Crippen LogP contribution in [-0.4, -0.2) is 37.0 Å². The molecule has 2 heterocycles. The van der Waals surface area contributed by atoms with Gasteiger partial charge in [0.25, 0.3) is 10.1 Å². The molecule has 3 rings (SSSR count). The highest BCUT2D eigenvalue weighted by Crippen LogP contribution is 2.40. The first-order valence-electron chi connectivity index (χ1n) is 6.84. The maximum absolute atomic E-state index is 13.6. The Morgan fingerprint density at radius 2 is 2.13 bits per heavy atom. The third-order valence-corrected chi connectivity index (χ3v) is 4.04. The Bertz CT molecular complexity index is 748. The summed E-state index contributed by atoms with van der Waals surface area (Å²) in [6.07, 6.45) is 2.02. The Morgan fingerprint density at radius 3 is 2.70 bits per heavy atom. The lowest BCUT2D eigenvalue weighted by molar-refractivity contribution is 0.0982. The first kappa shape index (κ1) is 17.9. The lowest BCUT2D eigenvalue weighted by Crippen LogP contribution is -2.26. The van der Waals surface area contributed by atoms with Gasteiger partial charge in [-0.05, 0) is 42.0 Å². The van der Waals surface area contributed by atoms with Gasteiger partial charge in [0.1, 0.15) is 17.7 Å². The van der Waals surface area contributed by atoms with E-state index in [1.54, 1.807) is 11.3 Å². The van der Waals surface area contributed by atoms with Crippen molar-refractivity contribution in [3.05, 3.63) is 41.0 Å². The van der Waals surface area contributed by atoms with Gasteiger partial charge >= 0.3 is 0 Å². The molecule has 0 bridgehead atoms. The number of rotatable bonds is 2. The van der Waals surface area contributed by atoms with Crippen molar-refractivity contribution >= 4 is 21.5 Å². The van der Waals surface area contributed by atoms with E-state index < -0.39 is 10.1 Å². The molecule has 1 atom stereocenters. The number of benzene rings is 1. The third kappa shape index (κ3) is 5.28. The highest BCUT2D eigenvalue weighted by Gasteiger charge is 2.23. The molecule has 0 saturated carbocycles. The van der Waals surface area contributed by atoms with Gasteiger partial charge in [-0.25, -0.2) is 4.39 Å². The Hall–Kier alpha value is -1.48. The predicted octanol–water partition coefficient (Wildman–Crippen LogP) is 2.74. The largest absolute Gasteiger partial charge is 0.487 e. The average molecular weight is 360 g/mol. The quantitative estimate of drug-likeness (QED) is 0.805. The fourth-order valence-electron chi connectivity index (χ4n) is 2.26. The van der Waals surface area contributed by atoms with Gasteiger partial charge in [0.2, 0.25) is 0 Å². The molecule has 0 fully saturated rings. The van der Waals surface area contributed by atoms with Crippen LogP contribution in [0.25, 0.3) is 10.4 Å². The fourth-order valence-corrected chi connectivity index (χ4v) is 3.00. The van der Waals surface area contributed by atoms with Gasteiger partial charge in [-0.3, -0.25) is 4.55 Å². The Kier molecular flexibility index (Phi) is 5.74. The van der Waals surface area contributed by atoms with Crippen molar-refractivity contribution in [3.8, 4) is 16.2 Å². The number of hydrogen-bond acceptors (Lipinski definition) is 5. The maximum atomic E-state index is 13.6. The molecule has 8 heteroatoms. The van der Waals surface area contributed by atoms with Crippen molar-refractivity contribution in [2.24, 2.45) is 0 Å². The van der Waals surface area contributed by atoms with Crippen LogP contribution in [0.15, 0.2) is 29.6 Å². The third-order valence-electron chi connectivity index (χ3n) is 3.14. The van der Waals surface area contributed by atoms with Gasteiger partial charge in [-0.1, -0.05) is 6.07 Å². The summed E-state index contributed by atoms with van der Waals surface area (Å²) in [6, 6.07) is 6.92. The zero-order chi connectivity index (χ0) is 17.0. The van der Waals surface area contributed by atoms with Crippen LogP contribution in [0.5, 0.6) is 5.75 Å². The number of hydrogen-bond donors (Lipinski definition) is 2. The second-order valence-electron chi connectivity index (χ2n) is 5.11. The number of thiophene rings is 1. The lowest BCUT2D eigenvalue weighted by atomic mass is 9.98. The molecule has 2 N–H and O–H groups in total. The summed E-state index contributed by atoms with van der Waals surface area (Å²) in [5, 5.41) is 11.2. The van der Waals surface area contributed by atoms with Crippen molar-refractivity contribution in [3.63, 3.8) is 0 Å². The molecule has 1 aromatic carbocycles. The molecule has 0 spiro atoms. The molecule has 1 aliphatic rings. The average Bonchev–Trinajstić information content (AvgIpc) is 2.98. The van der Waals surface area contributed by atoms with Gasteiger partial charge in [0, 0.05) is 10.4 Å². The van der Waals surface area contributed by atoms with E-state index in [0.29, 0.717) is 6.26 Å². The maximum Gasteiger partial charge on any atom is 0.261 e. The second kappa shape index (κ2) is 7.39. The minimum Gasteiger partial charge on any atom is -0.487 e. The molecule has 1 unspecified atom stereocenters. The van der Waals surface area contributed by atoms with Crippen LogP contribution < -0.4 is 4.74 Å². The predicted molar refractivity (Wildman–Crippen MR) is 87.0 cm³/mol. The van der Waals surface area contributed by atoms with Gasteiger partial charge in [-0.2, -0.15) is 8.42 Å². The zero-order valence-corrected chi connectivity index (χ0v) is 14.0. The van der Waals surface area contributed by atoms with Crippen molar-refractivity contribution in [1.82, 2.24) is 0 Å². The Balaban J connectivity index is 0.000000338. The molecule has 23 heavy (non-hydrogen) atoms. The monoisotopic (exact) mass is 360 g/mol. The molecule has 0 amide bonds. The van der Waals surface area contributed by atoms with Crippen molar-refractivity contribution in [1.29, 1.82) is 0 Å². The van der Waals surface area contributed by atoms with E-state index in [2.05, 4.69) is 0 Å². The highest BCUT2D eigenvalue weighted by molar-refractivity contribution is 7.85. The number of halogens is 1. The SMILES string of the molecule is CS(=O)(=O)O.OCC1CCc2cc(F)cc(-c3cccs3)c2O1. The number of aliphatic hydroxyl groups excluding tert-OH is 1. The van der Waals surface area contributed by atoms with Crippen LogP contribution in [0.3, 0.4) is 0 Å². The van der Waals surface area contributed by atoms with Crippen LogP contribution in [0.2, 0.25) is 0 Å². The van der Waals surface area contributed by atoms with Crippen molar-refractivity contribution < 1.29 is 27.2 Å². The Labute approximate surface area is 138 Å². The van der Waals surface area contributed by atoms with E-state index in [9.17, 15) is 17.9 Å². The lowest BCUT2D eigenvalue weighted by Gasteiger charge is -2.26. The molecule has 0 radical (unpaired) electrons. The molecule has 2 aromatic rings. The smallest absolute Gasteiger partial charge is 0.261 e. The molecular formula is C15H17FO5S2. The van der Waals surface area contributed by atoms with E-state index in [1.165, 1.54) is 12.1 Å². The first-order chi connectivity index (χ1) is 10.8. The van der Waals surface area contributed by atoms with Crippen LogP contribution in [0, 0.1) is 5.82 Å². The van der Waals surface area contributed by atoms with Crippen LogP contribution in [-0.2, 0) is 16.5 Å². The van der Waals surface area contributed by atoms with Crippen LogP contribution >= 0.6 is 11.3 Å². The molecule has 5 nitrogen and oxygen atoms in total. The highest BCUT2D eigenvalue weighted by atomic mass is 32.2. The first-order valence-corrected chi connectivity index (χ1v) is 9.57. The Morgan fingerprint density at radius 1 is 1.43 bits per heavy atom. The summed E-state index contributed by atoms with van der Waals surface area (Å²) in [5.41, 5.74) is 1.68. The molecule has 1 aliphatic heterocycles. The van der Waals surface area contributed by atoms with E-state index in [4.69, 9.17) is 9.29 Å². The molecular weight excluding hydrogens is 343 g/mol. The fraction of sp³-hybridized carbons (Fsp3) is 0.333. The van der Waals surface area contributed by atoms with Gasteiger partial charge < -0.3 is 9.84 Å². The van der Waals surface area contributed by atoms with E-state index >= 15 is 0 Å². The van der Waals surface area contributed by atoms with E-state index in [0.717, 1.165) is 34.6 Å². The molecule has 0 aliphatic carbocycles. The van der Waals surface area contributed by atoms with Crippen LogP contribution in [0.1, 0.15) is 12.0 Å². The summed E-state index contributed by atoms with van der Waals surface area (Å²) < 4.78 is 45.3. The number of ether oxygens (including phenoxy) is 1.